The first-order chi connectivity index (χ1) is 33.9. The van der Waals surface area contributed by atoms with Gasteiger partial charge in [0.05, 0.1) is 33.8 Å². The summed E-state index contributed by atoms with van der Waals surface area (Å²) in [4.78, 5) is 37.6. The highest BCUT2D eigenvalue weighted by molar-refractivity contribution is 7.47. The minimum Gasteiger partial charge on any atom is -0.456 e. The average Bonchev–Trinajstić information content (AvgIpc) is 3.32. The van der Waals surface area contributed by atoms with E-state index in [1.807, 2.05) is 33.3 Å². The maximum absolute atomic E-state index is 13.5. The van der Waals surface area contributed by atoms with Crippen molar-refractivity contribution in [3.05, 3.63) is 36.5 Å². The number of likely N-dealkylation sites (N-methyl/N-ethyl adjacent to an activating group) is 1. The molecule has 412 valence electrons. The number of phosphoric acid groups is 1. The summed E-state index contributed by atoms with van der Waals surface area (Å²) in [5.74, 6) is -0.503. The average molecular weight is 1010 g/mol. The summed E-state index contributed by atoms with van der Waals surface area (Å²) in [5.41, 5.74) is 0. The van der Waals surface area contributed by atoms with Crippen molar-refractivity contribution >= 4 is 19.7 Å². The molecule has 0 aromatic rings. The number of ether oxygens (including phenoxy) is 1. The van der Waals surface area contributed by atoms with E-state index in [1.165, 1.54) is 173 Å². The van der Waals surface area contributed by atoms with Crippen LogP contribution >= 0.6 is 7.82 Å². The van der Waals surface area contributed by atoms with Gasteiger partial charge in [0.25, 0.3) is 0 Å². The van der Waals surface area contributed by atoms with E-state index in [4.69, 9.17) is 13.8 Å². The van der Waals surface area contributed by atoms with Gasteiger partial charge in [0.2, 0.25) is 5.91 Å². The van der Waals surface area contributed by atoms with Gasteiger partial charge < -0.3 is 19.4 Å². The Hall–Kier alpha value is -1.77. The van der Waals surface area contributed by atoms with Crippen LogP contribution in [0.25, 0.3) is 0 Å². The standard InChI is InChI=1S/C60H115N2O7P/c1-7-10-13-16-19-22-25-28-30-31-33-35-38-41-44-47-50-53-60(64)69-58(51-48-45-42-39-36-27-24-21-18-15-12-9-3)57(56-68-70(65,66)67-55-54-62(4,5)6)61-59(63)52-49-46-43-40-37-34-32-29-26-23-20-17-14-11-8-2/h19,22,28,30,48,51,57-58H,7-18,20-21,23-27,29,31-47,49-50,52-56H2,1-6H3,(H-,61,63,65,66)/p+1/b22-19-,30-28-,51-48+. The van der Waals surface area contributed by atoms with Crippen molar-refractivity contribution in [3.8, 4) is 0 Å². The number of rotatable bonds is 54. The van der Waals surface area contributed by atoms with Crippen LogP contribution in [0.1, 0.15) is 284 Å². The summed E-state index contributed by atoms with van der Waals surface area (Å²) < 4.78 is 30.6. The van der Waals surface area contributed by atoms with Crippen molar-refractivity contribution in [2.75, 3.05) is 40.9 Å². The third kappa shape index (κ3) is 51.1. The zero-order valence-corrected chi connectivity index (χ0v) is 47.9. The molecule has 0 aliphatic rings. The van der Waals surface area contributed by atoms with Crippen LogP contribution in [0.2, 0.25) is 0 Å². The fourth-order valence-electron chi connectivity index (χ4n) is 8.68. The smallest absolute Gasteiger partial charge is 0.456 e. The lowest BCUT2D eigenvalue weighted by atomic mass is 10.0. The molecule has 0 radical (unpaired) electrons. The van der Waals surface area contributed by atoms with Crippen molar-refractivity contribution in [1.82, 2.24) is 5.32 Å². The SMILES string of the molecule is CCCCC/C=C\C/C=C\CCCCCCCCCC(=O)OC(/C=C/CCCCCCCCCCCC)C(COP(=O)(O)OCC[N+](C)(C)C)NC(=O)CCCCCCCCCCCCCCCCC. The van der Waals surface area contributed by atoms with Crippen LogP contribution in [-0.4, -0.2) is 74.3 Å². The first-order valence-electron chi connectivity index (χ1n) is 29.8. The van der Waals surface area contributed by atoms with Crippen LogP contribution in [0.15, 0.2) is 36.5 Å². The molecular formula is C60H116N2O7P+. The van der Waals surface area contributed by atoms with Gasteiger partial charge in [0.15, 0.2) is 0 Å². The fraction of sp³-hybridized carbons (Fsp3) is 0.867. The second-order valence-electron chi connectivity index (χ2n) is 21.5. The quantitative estimate of drug-likeness (QED) is 0.0205. The van der Waals surface area contributed by atoms with Crippen LogP contribution < -0.4 is 5.32 Å². The first kappa shape index (κ1) is 68.2. The first-order valence-corrected chi connectivity index (χ1v) is 31.3. The molecule has 3 unspecified atom stereocenters. The van der Waals surface area contributed by atoms with Gasteiger partial charge in [0.1, 0.15) is 19.3 Å². The monoisotopic (exact) mass is 1010 g/mol. The molecule has 0 rings (SSSR count). The fourth-order valence-corrected chi connectivity index (χ4v) is 9.41. The predicted molar refractivity (Wildman–Crippen MR) is 300 cm³/mol. The highest BCUT2D eigenvalue weighted by Gasteiger charge is 2.30. The third-order valence-corrected chi connectivity index (χ3v) is 14.3. The minimum absolute atomic E-state index is 0.0411. The normalized spacial score (nSPS) is 14.0. The Morgan fingerprint density at radius 3 is 1.31 bits per heavy atom. The molecule has 0 aromatic heterocycles. The Bertz CT molecular complexity index is 1300. The van der Waals surface area contributed by atoms with Gasteiger partial charge in [0, 0.05) is 12.8 Å². The second kappa shape index (κ2) is 50.7. The van der Waals surface area contributed by atoms with Crippen molar-refractivity contribution in [2.45, 2.75) is 296 Å². The topological polar surface area (TPSA) is 111 Å². The molecule has 0 aliphatic heterocycles. The van der Waals surface area contributed by atoms with E-state index in [0.717, 1.165) is 77.0 Å². The number of allylic oxidation sites excluding steroid dienone is 5. The van der Waals surface area contributed by atoms with Crippen molar-refractivity contribution in [2.24, 2.45) is 0 Å². The number of phosphoric ester groups is 1. The lowest BCUT2D eigenvalue weighted by Gasteiger charge is -2.27. The third-order valence-electron chi connectivity index (χ3n) is 13.3. The van der Waals surface area contributed by atoms with E-state index >= 15 is 0 Å². The van der Waals surface area contributed by atoms with Crippen molar-refractivity contribution in [3.63, 3.8) is 0 Å². The summed E-state index contributed by atoms with van der Waals surface area (Å²) in [6.07, 6.45) is 59.8. The van der Waals surface area contributed by atoms with Gasteiger partial charge in [-0.3, -0.25) is 18.6 Å². The number of carbonyl (C=O) groups is 2. The molecule has 70 heavy (non-hydrogen) atoms. The molecule has 0 saturated heterocycles. The number of quaternary nitrogens is 1. The summed E-state index contributed by atoms with van der Waals surface area (Å²) in [7, 11) is 1.50. The Morgan fingerprint density at radius 2 is 0.871 bits per heavy atom. The highest BCUT2D eigenvalue weighted by Crippen LogP contribution is 2.43. The largest absolute Gasteiger partial charge is 0.472 e. The molecular weight excluding hydrogens is 892 g/mol. The summed E-state index contributed by atoms with van der Waals surface area (Å²) >= 11 is 0. The lowest BCUT2D eigenvalue weighted by molar-refractivity contribution is -0.870. The van der Waals surface area contributed by atoms with Crippen LogP contribution in [-0.2, 0) is 27.9 Å². The van der Waals surface area contributed by atoms with Gasteiger partial charge >= 0.3 is 13.8 Å². The van der Waals surface area contributed by atoms with E-state index in [-0.39, 0.29) is 31.5 Å². The molecule has 0 aromatic carbocycles. The molecule has 9 nitrogen and oxygen atoms in total. The predicted octanol–water partition coefficient (Wildman–Crippen LogP) is 17.9. The number of unbranched alkanes of at least 4 members (excludes halogenated alkanes) is 34. The van der Waals surface area contributed by atoms with Gasteiger partial charge in [-0.1, -0.05) is 244 Å². The molecule has 3 atom stereocenters. The van der Waals surface area contributed by atoms with Gasteiger partial charge in [-0.05, 0) is 63.9 Å². The molecule has 0 heterocycles. The summed E-state index contributed by atoms with van der Waals surface area (Å²) in [6.45, 7) is 7.00. The van der Waals surface area contributed by atoms with Gasteiger partial charge in [-0.25, -0.2) is 4.57 Å². The maximum Gasteiger partial charge on any atom is 0.472 e. The van der Waals surface area contributed by atoms with Crippen LogP contribution in [0.4, 0.5) is 0 Å². The highest BCUT2D eigenvalue weighted by atomic mass is 31.2. The Morgan fingerprint density at radius 1 is 0.500 bits per heavy atom. The van der Waals surface area contributed by atoms with Crippen molar-refractivity contribution < 1.29 is 37.3 Å². The van der Waals surface area contributed by atoms with E-state index in [9.17, 15) is 19.0 Å². The zero-order chi connectivity index (χ0) is 51.5. The number of hydrogen-bond acceptors (Lipinski definition) is 6. The molecule has 0 aliphatic carbocycles. The number of nitrogens with zero attached hydrogens (tertiary/aromatic N) is 1. The maximum atomic E-state index is 13.5. The summed E-state index contributed by atoms with van der Waals surface area (Å²) in [6, 6.07) is -0.846. The van der Waals surface area contributed by atoms with Crippen LogP contribution in [0.3, 0.4) is 0 Å². The second-order valence-corrected chi connectivity index (χ2v) is 23.0. The Balaban J connectivity index is 5.31. The Labute approximate surface area is 434 Å². The molecule has 0 fully saturated rings. The molecule has 0 saturated carbocycles. The lowest BCUT2D eigenvalue weighted by Crippen LogP contribution is -2.47. The van der Waals surface area contributed by atoms with E-state index < -0.39 is 20.0 Å². The van der Waals surface area contributed by atoms with E-state index in [0.29, 0.717) is 17.4 Å². The van der Waals surface area contributed by atoms with Crippen molar-refractivity contribution in [1.29, 1.82) is 0 Å². The zero-order valence-electron chi connectivity index (χ0n) is 47.0. The molecule has 0 bridgehead atoms. The molecule has 1 amide bonds. The van der Waals surface area contributed by atoms with Crippen LogP contribution in [0.5, 0.6) is 0 Å². The van der Waals surface area contributed by atoms with E-state index in [2.05, 4.69) is 50.4 Å². The number of hydrogen-bond donors (Lipinski definition) is 2. The number of carbonyl (C=O) groups excluding carboxylic acids is 2. The number of nitrogens with one attached hydrogen (secondary N) is 1. The molecule has 2 N–H and O–H groups in total. The Kier molecular flexibility index (Phi) is 49.5. The number of amides is 1. The summed E-state index contributed by atoms with van der Waals surface area (Å²) in [5, 5.41) is 3.05. The molecule has 0 spiro atoms. The van der Waals surface area contributed by atoms with Gasteiger partial charge in [-0.15, -0.1) is 0 Å². The van der Waals surface area contributed by atoms with Crippen LogP contribution in [0, 0.1) is 0 Å². The number of esters is 1. The van der Waals surface area contributed by atoms with Gasteiger partial charge in [-0.2, -0.15) is 0 Å². The molecule has 10 heteroatoms. The minimum atomic E-state index is -4.44. The van der Waals surface area contributed by atoms with E-state index in [1.54, 1.807) is 0 Å².